The van der Waals surface area contributed by atoms with Crippen molar-refractivity contribution in [1.82, 2.24) is 0 Å². The number of aliphatic hydroxyl groups is 1. The predicted molar refractivity (Wildman–Crippen MR) is 65.8 cm³/mol. The monoisotopic (exact) mass is 272 g/mol. The average Bonchev–Trinajstić information content (AvgIpc) is 2.84. The third-order valence-corrected chi connectivity index (χ3v) is 3.00. The van der Waals surface area contributed by atoms with E-state index in [4.69, 9.17) is 32.4 Å². The lowest BCUT2D eigenvalue weighted by Crippen LogP contribution is -2.00. The minimum atomic E-state index is -0.944. The van der Waals surface area contributed by atoms with Gasteiger partial charge in [-0.25, -0.2) is 0 Å². The topological polar surface area (TPSA) is 42.6 Å². The van der Waals surface area contributed by atoms with Crippen molar-refractivity contribution >= 4 is 23.2 Å². The van der Waals surface area contributed by atoms with Crippen molar-refractivity contribution in [2.45, 2.75) is 6.10 Å². The van der Waals surface area contributed by atoms with Gasteiger partial charge in [0, 0.05) is 11.6 Å². The van der Waals surface area contributed by atoms with E-state index >= 15 is 0 Å². The summed E-state index contributed by atoms with van der Waals surface area (Å²) in [6, 6.07) is 6.48. The smallest absolute Gasteiger partial charge is 0.138 e. The summed E-state index contributed by atoms with van der Waals surface area (Å²) in [6.07, 6.45) is 0.540. The normalized spacial score (nSPS) is 12.5. The number of hydrogen-bond acceptors (Lipinski definition) is 3. The van der Waals surface area contributed by atoms with Crippen molar-refractivity contribution in [3.8, 4) is 5.75 Å². The van der Waals surface area contributed by atoms with Crippen molar-refractivity contribution < 1.29 is 14.3 Å². The molecule has 2 aromatic rings. The van der Waals surface area contributed by atoms with Gasteiger partial charge < -0.3 is 14.3 Å². The first-order valence-electron chi connectivity index (χ1n) is 4.88. The number of rotatable bonds is 3. The Bertz CT molecular complexity index is 509. The van der Waals surface area contributed by atoms with Crippen LogP contribution in [-0.2, 0) is 0 Å². The van der Waals surface area contributed by atoms with Crippen LogP contribution in [0.25, 0.3) is 0 Å². The molecule has 0 aliphatic rings. The summed E-state index contributed by atoms with van der Waals surface area (Å²) in [6.45, 7) is 0. The van der Waals surface area contributed by atoms with Gasteiger partial charge in [0.1, 0.15) is 17.6 Å². The van der Waals surface area contributed by atoms with Crippen molar-refractivity contribution in [2.24, 2.45) is 0 Å². The standard InChI is InChI=1S/C12H10Cl2O3/c1-16-11-6-8(13)7(5-9(11)14)12(15)10-3-2-4-17-10/h2-6,12,15H,1H3. The van der Waals surface area contributed by atoms with Crippen molar-refractivity contribution in [3.05, 3.63) is 51.9 Å². The van der Waals surface area contributed by atoms with E-state index in [1.807, 2.05) is 0 Å². The van der Waals surface area contributed by atoms with Crippen molar-refractivity contribution in [1.29, 1.82) is 0 Å². The molecule has 1 aromatic carbocycles. The first-order valence-corrected chi connectivity index (χ1v) is 5.63. The van der Waals surface area contributed by atoms with E-state index in [-0.39, 0.29) is 0 Å². The van der Waals surface area contributed by atoms with Gasteiger partial charge in [-0.15, -0.1) is 0 Å². The van der Waals surface area contributed by atoms with Gasteiger partial charge in [0.15, 0.2) is 0 Å². The minimum Gasteiger partial charge on any atom is -0.495 e. The number of benzene rings is 1. The molecule has 1 heterocycles. The molecule has 17 heavy (non-hydrogen) atoms. The Morgan fingerprint density at radius 2 is 2.06 bits per heavy atom. The van der Waals surface area contributed by atoms with Gasteiger partial charge in [-0.2, -0.15) is 0 Å². The van der Waals surface area contributed by atoms with Crippen LogP contribution in [0.2, 0.25) is 10.0 Å². The highest BCUT2D eigenvalue weighted by atomic mass is 35.5. The molecule has 0 radical (unpaired) electrons. The average molecular weight is 273 g/mol. The fourth-order valence-corrected chi connectivity index (χ4v) is 2.02. The second-order valence-electron chi connectivity index (χ2n) is 3.43. The van der Waals surface area contributed by atoms with Crippen molar-refractivity contribution in [2.75, 3.05) is 7.11 Å². The molecule has 0 saturated heterocycles. The third-order valence-electron chi connectivity index (χ3n) is 2.38. The lowest BCUT2D eigenvalue weighted by atomic mass is 10.1. The highest BCUT2D eigenvalue weighted by molar-refractivity contribution is 6.34. The molecule has 0 fully saturated rings. The van der Waals surface area contributed by atoms with Gasteiger partial charge >= 0.3 is 0 Å². The SMILES string of the molecule is COc1cc(Cl)c(C(O)c2ccco2)cc1Cl. The quantitative estimate of drug-likeness (QED) is 0.927. The van der Waals surface area contributed by atoms with Gasteiger partial charge in [-0.3, -0.25) is 0 Å². The molecule has 1 unspecified atom stereocenters. The lowest BCUT2D eigenvalue weighted by molar-refractivity contribution is 0.189. The third kappa shape index (κ3) is 2.41. The van der Waals surface area contributed by atoms with E-state index < -0.39 is 6.10 Å². The molecular formula is C12H10Cl2O3. The van der Waals surface area contributed by atoms with E-state index in [0.29, 0.717) is 27.1 Å². The van der Waals surface area contributed by atoms with Crippen LogP contribution < -0.4 is 4.74 Å². The first kappa shape index (κ1) is 12.3. The Hall–Kier alpha value is -1.16. The number of methoxy groups -OCH3 is 1. The second-order valence-corrected chi connectivity index (χ2v) is 4.24. The fraction of sp³-hybridized carbons (Fsp3) is 0.167. The van der Waals surface area contributed by atoms with Crippen LogP contribution in [0.15, 0.2) is 34.9 Å². The Morgan fingerprint density at radius 1 is 1.29 bits per heavy atom. The van der Waals surface area contributed by atoms with Crippen LogP contribution >= 0.6 is 23.2 Å². The molecule has 0 aliphatic carbocycles. The highest BCUT2D eigenvalue weighted by Crippen LogP contribution is 2.36. The zero-order chi connectivity index (χ0) is 12.4. The van der Waals surface area contributed by atoms with E-state index in [0.717, 1.165) is 0 Å². The number of aliphatic hydroxyl groups excluding tert-OH is 1. The summed E-state index contributed by atoms with van der Waals surface area (Å²) < 4.78 is 10.1. The molecular weight excluding hydrogens is 263 g/mol. The Morgan fingerprint density at radius 3 is 2.65 bits per heavy atom. The Kier molecular flexibility index (Phi) is 3.62. The van der Waals surface area contributed by atoms with E-state index in [1.54, 1.807) is 24.3 Å². The van der Waals surface area contributed by atoms with Crippen LogP contribution in [0, 0.1) is 0 Å². The molecule has 0 saturated carbocycles. The van der Waals surface area contributed by atoms with Gasteiger partial charge in [0.25, 0.3) is 0 Å². The van der Waals surface area contributed by atoms with Gasteiger partial charge in [-0.1, -0.05) is 23.2 Å². The number of hydrogen-bond donors (Lipinski definition) is 1. The predicted octanol–water partition coefficient (Wildman–Crippen LogP) is 3.68. The molecule has 90 valence electrons. The maximum atomic E-state index is 10.1. The van der Waals surface area contributed by atoms with Crippen LogP contribution in [-0.4, -0.2) is 12.2 Å². The summed E-state index contributed by atoms with van der Waals surface area (Å²) in [5, 5.41) is 10.8. The fourth-order valence-electron chi connectivity index (χ4n) is 1.51. The molecule has 5 heteroatoms. The number of halogens is 2. The molecule has 1 atom stereocenters. The molecule has 0 aliphatic heterocycles. The van der Waals surface area contributed by atoms with E-state index in [1.165, 1.54) is 13.4 Å². The zero-order valence-electron chi connectivity index (χ0n) is 8.98. The number of ether oxygens (including phenoxy) is 1. The summed E-state index contributed by atoms with van der Waals surface area (Å²) >= 11 is 12.0. The van der Waals surface area contributed by atoms with Gasteiger partial charge in [0.05, 0.1) is 23.4 Å². The molecule has 2 rings (SSSR count). The van der Waals surface area contributed by atoms with Crippen molar-refractivity contribution in [3.63, 3.8) is 0 Å². The summed E-state index contributed by atoms with van der Waals surface area (Å²) in [5.74, 6) is 0.875. The molecule has 0 bridgehead atoms. The second kappa shape index (κ2) is 5.00. The van der Waals surface area contributed by atoms with E-state index in [2.05, 4.69) is 0 Å². The molecule has 0 spiro atoms. The Balaban J connectivity index is 2.42. The Labute approximate surface area is 109 Å². The van der Waals surface area contributed by atoms with Crippen LogP contribution in [0.5, 0.6) is 5.75 Å². The molecule has 1 N–H and O–H groups in total. The molecule has 0 amide bonds. The van der Waals surface area contributed by atoms with Crippen LogP contribution in [0.3, 0.4) is 0 Å². The highest BCUT2D eigenvalue weighted by Gasteiger charge is 2.18. The minimum absolute atomic E-state index is 0.371. The number of furan rings is 1. The maximum absolute atomic E-state index is 10.1. The van der Waals surface area contributed by atoms with Crippen LogP contribution in [0.4, 0.5) is 0 Å². The van der Waals surface area contributed by atoms with Gasteiger partial charge in [0.2, 0.25) is 0 Å². The van der Waals surface area contributed by atoms with E-state index in [9.17, 15) is 5.11 Å². The summed E-state index contributed by atoms with van der Waals surface area (Å²) in [7, 11) is 1.50. The first-order chi connectivity index (χ1) is 8.13. The summed E-state index contributed by atoms with van der Waals surface area (Å²) in [5.41, 5.74) is 0.479. The maximum Gasteiger partial charge on any atom is 0.138 e. The van der Waals surface area contributed by atoms with Crippen LogP contribution in [0.1, 0.15) is 17.4 Å². The molecule has 1 aromatic heterocycles. The van der Waals surface area contributed by atoms with Gasteiger partial charge in [-0.05, 0) is 18.2 Å². The summed E-state index contributed by atoms with van der Waals surface area (Å²) in [4.78, 5) is 0. The zero-order valence-corrected chi connectivity index (χ0v) is 10.5. The largest absolute Gasteiger partial charge is 0.495 e. The lowest BCUT2D eigenvalue weighted by Gasteiger charge is -2.12. The molecule has 3 nitrogen and oxygen atoms in total.